The SMILES string of the molecule is C1#Cc2ccccc2/C=C\C2CCCN(C1)C2. The lowest BCUT2D eigenvalue weighted by Crippen LogP contribution is -2.35. The minimum absolute atomic E-state index is 0.705. The maximum Gasteiger partial charge on any atom is 0.0605 e. The van der Waals surface area contributed by atoms with E-state index in [-0.39, 0.29) is 0 Å². The zero-order chi connectivity index (χ0) is 11.5. The minimum atomic E-state index is 0.705. The molecule has 0 N–H and O–H groups in total. The first-order valence-electron chi connectivity index (χ1n) is 6.40. The maximum atomic E-state index is 3.31. The highest BCUT2D eigenvalue weighted by atomic mass is 15.1. The molecule has 0 radical (unpaired) electrons. The molecule has 17 heavy (non-hydrogen) atoms. The first-order valence-corrected chi connectivity index (χ1v) is 6.40. The van der Waals surface area contributed by atoms with Crippen molar-refractivity contribution in [3.05, 3.63) is 41.5 Å². The summed E-state index contributed by atoms with van der Waals surface area (Å²) in [5.74, 6) is 7.31. The van der Waals surface area contributed by atoms with Crippen molar-refractivity contribution >= 4 is 6.08 Å². The van der Waals surface area contributed by atoms with E-state index in [0.29, 0.717) is 5.92 Å². The van der Waals surface area contributed by atoms with Gasteiger partial charge in [0.2, 0.25) is 0 Å². The average Bonchev–Trinajstić information content (AvgIpc) is 2.38. The van der Waals surface area contributed by atoms with Crippen molar-refractivity contribution in [2.24, 2.45) is 5.92 Å². The minimum Gasteiger partial charge on any atom is -0.292 e. The second kappa shape index (κ2) is 4.77. The van der Waals surface area contributed by atoms with Crippen LogP contribution in [0.3, 0.4) is 0 Å². The van der Waals surface area contributed by atoms with Gasteiger partial charge in [-0.05, 0) is 36.9 Å². The molecule has 2 bridgehead atoms. The summed E-state index contributed by atoms with van der Waals surface area (Å²) in [7, 11) is 0. The largest absolute Gasteiger partial charge is 0.292 e. The van der Waals surface area contributed by atoms with Crippen molar-refractivity contribution in [1.29, 1.82) is 0 Å². The van der Waals surface area contributed by atoms with E-state index in [4.69, 9.17) is 0 Å². The molecule has 2 atom stereocenters. The maximum absolute atomic E-state index is 3.31. The highest BCUT2D eigenvalue weighted by Gasteiger charge is 2.17. The van der Waals surface area contributed by atoms with Gasteiger partial charge in [-0.1, -0.05) is 42.2 Å². The monoisotopic (exact) mass is 223 g/mol. The van der Waals surface area contributed by atoms with Crippen molar-refractivity contribution in [2.45, 2.75) is 12.8 Å². The first kappa shape index (κ1) is 10.6. The molecular formula is C16H17N. The number of hydrogen-bond acceptors (Lipinski definition) is 1. The summed E-state index contributed by atoms with van der Waals surface area (Å²) in [6.45, 7) is 3.30. The Labute approximate surface area is 103 Å². The fourth-order valence-electron chi connectivity index (χ4n) is 2.63. The van der Waals surface area contributed by atoms with Gasteiger partial charge in [-0.15, -0.1) is 0 Å². The van der Waals surface area contributed by atoms with E-state index >= 15 is 0 Å². The molecule has 86 valence electrons. The Kier molecular flexibility index (Phi) is 2.98. The summed E-state index contributed by atoms with van der Waals surface area (Å²) < 4.78 is 0. The summed E-state index contributed by atoms with van der Waals surface area (Å²) in [5.41, 5.74) is 2.42. The van der Waals surface area contributed by atoms with Gasteiger partial charge in [0.25, 0.3) is 0 Å². The Morgan fingerprint density at radius 2 is 2.18 bits per heavy atom. The molecule has 2 aliphatic rings. The van der Waals surface area contributed by atoms with Crippen molar-refractivity contribution in [3.63, 3.8) is 0 Å². The molecular weight excluding hydrogens is 206 g/mol. The zero-order valence-electron chi connectivity index (χ0n) is 10.0. The zero-order valence-corrected chi connectivity index (χ0v) is 10.0. The summed E-state index contributed by atoms with van der Waals surface area (Å²) in [6.07, 6.45) is 7.25. The van der Waals surface area contributed by atoms with Crippen LogP contribution in [-0.4, -0.2) is 24.5 Å². The van der Waals surface area contributed by atoms with Crippen LogP contribution in [0.1, 0.15) is 24.0 Å². The van der Waals surface area contributed by atoms with Crippen molar-refractivity contribution in [1.82, 2.24) is 4.90 Å². The Balaban J connectivity index is 1.98. The Hall–Kier alpha value is -1.52. The smallest absolute Gasteiger partial charge is 0.0605 e. The van der Waals surface area contributed by atoms with Crippen LogP contribution >= 0.6 is 0 Å². The van der Waals surface area contributed by atoms with E-state index in [9.17, 15) is 0 Å². The molecule has 0 aromatic heterocycles. The van der Waals surface area contributed by atoms with Crippen LogP contribution in [0.5, 0.6) is 0 Å². The quantitative estimate of drug-likeness (QED) is 0.611. The van der Waals surface area contributed by atoms with Crippen LogP contribution in [0.4, 0.5) is 0 Å². The van der Waals surface area contributed by atoms with Gasteiger partial charge in [-0.3, -0.25) is 4.90 Å². The molecule has 1 aromatic carbocycles. The van der Waals surface area contributed by atoms with Crippen molar-refractivity contribution < 1.29 is 0 Å². The number of hydrogen-bond donors (Lipinski definition) is 0. The van der Waals surface area contributed by atoms with Crippen LogP contribution in [0.2, 0.25) is 0 Å². The summed E-state index contributed by atoms with van der Waals surface area (Å²) in [6, 6.07) is 8.42. The third-order valence-electron chi connectivity index (χ3n) is 3.58. The molecule has 0 saturated carbocycles. The van der Waals surface area contributed by atoms with Crippen molar-refractivity contribution in [2.75, 3.05) is 19.6 Å². The van der Waals surface area contributed by atoms with Gasteiger partial charge in [-0.2, -0.15) is 0 Å². The van der Waals surface area contributed by atoms with Gasteiger partial charge in [0, 0.05) is 12.1 Å². The van der Waals surface area contributed by atoms with Gasteiger partial charge < -0.3 is 0 Å². The molecule has 2 unspecified atom stereocenters. The number of nitrogens with zero attached hydrogens (tertiary/aromatic N) is 1. The Morgan fingerprint density at radius 1 is 1.24 bits per heavy atom. The van der Waals surface area contributed by atoms with E-state index in [0.717, 1.165) is 12.1 Å². The third-order valence-corrected chi connectivity index (χ3v) is 3.58. The summed E-state index contributed by atoms with van der Waals surface area (Å²) >= 11 is 0. The summed E-state index contributed by atoms with van der Waals surface area (Å²) in [5, 5.41) is 0. The average molecular weight is 223 g/mol. The fraction of sp³-hybridized carbons (Fsp3) is 0.375. The van der Waals surface area contributed by atoms with E-state index in [1.165, 1.54) is 31.5 Å². The fourth-order valence-corrected chi connectivity index (χ4v) is 2.63. The highest BCUT2D eigenvalue weighted by molar-refractivity contribution is 5.59. The van der Waals surface area contributed by atoms with Crippen LogP contribution in [0.15, 0.2) is 30.3 Å². The van der Waals surface area contributed by atoms with Gasteiger partial charge >= 0.3 is 0 Å². The van der Waals surface area contributed by atoms with Gasteiger partial charge in [0.1, 0.15) is 0 Å². The number of piperidine rings is 1. The molecule has 1 saturated heterocycles. The highest BCUT2D eigenvalue weighted by Crippen LogP contribution is 2.20. The molecule has 0 aliphatic carbocycles. The first-order chi connectivity index (χ1) is 8.42. The van der Waals surface area contributed by atoms with Crippen LogP contribution in [0.25, 0.3) is 6.08 Å². The molecule has 1 heteroatoms. The molecule has 2 heterocycles. The lowest BCUT2D eigenvalue weighted by molar-refractivity contribution is 0.219. The van der Waals surface area contributed by atoms with E-state index in [1.54, 1.807) is 0 Å². The third kappa shape index (κ3) is 2.43. The lowest BCUT2D eigenvalue weighted by atomic mass is 9.95. The Morgan fingerprint density at radius 3 is 3.18 bits per heavy atom. The van der Waals surface area contributed by atoms with Gasteiger partial charge in [-0.25, -0.2) is 0 Å². The number of fused-ring (bicyclic) bond motifs is 3. The number of rotatable bonds is 0. The molecule has 1 aromatic rings. The Bertz CT molecular complexity index is 490. The standard InChI is InChI=1S/C16H17N/c1-2-7-16-10-9-14-5-3-11-17(13-14)12-4-8-15(16)6-1/h1-2,6-7,9-10,14H,3,5,11-13H2/b10-9-. The predicted octanol–water partition coefficient (Wildman–Crippen LogP) is 2.78. The van der Waals surface area contributed by atoms with Crippen LogP contribution < -0.4 is 0 Å². The van der Waals surface area contributed by atoms with E-state index in [2.05, 4.69) is 53.2 Å². The van der Waals surface area contributed by atoms with Crippen LogP contribution in [0, 0.1) is 17.8 Å². The van der Waals surface area contributed by atoms with E-state index in [1.807, 2.05) is 0 Å². The normalized spacial score (nSPS) is 28.5. The van der Waals surface area contributed by atoms with Gasteiger partial charge in [0.15, 0.2) is 0 Å². The van der Waals surface area contributed by atoms with E-state index < -0.39 is 0 Å². The topological polar surface area (TPSA) is 3.24 Å². The molecule has 0 spiro atoms. The summed E-state index contributed by atoms with van der Waals surface area (Å²) in [4.78, 5) is 2.47. The van der Waals surface area contributed by atoms with Crippen molar-refractivity contribution in [3.8, 4) is 11.8 Å². The van der Waals surface area contributed by atoms with Crippen LogP contribution in [-0.2, 0) is 0 Å². The molecule has 3 rings (SSSR count). The van der Waals surface area contributed by atoms with Gasteiger partial charge in [0.05, 0.1) is 6.54 Å². The lowest BCUT2D eigenvalue weighted by Gasteiger charge is -2.30. The molecule has 1 nitrogen and oxygen atoms in total. The number of benzene rings is 1. The predicted molar refractivity (Wildman–Crippen MR) is 71.5 cm³/mol. The second-order valence-electron chi connectivity index (χ2n) is 4.89. The molecule has 1 fully saturated rings. The molecule has 2 aliphatic heterocycles. The second-order valence-corrected chi connectivity index (χ2v) is 4.89. The molecule has 0 amide bonds.